The summed E-state index contributed by atoms with van der Waals surface area (Å²) in [4.78, 5) is 14.2. The van der Waals surface area contributed by atoms with Gasteiger partial charge in [0.2, 0.25) is 0 Å². The summed E-state index contributed by atoms with van der Waals surface area (Å²) in [5.74, 6) is -0.473. The molecule has 0 spiro atoms. The molecule has 1 aliphatic heterocycles. The number of carbonyl (C=O) groups excluding carboxylic acids is 1. The molecular formula is C18H17F3N2O2. The van der Waals surface area contributed by atoms with Crippen molar-refractivity contribution in [3.63, 3.8) is 0 Å². The molecule has 0 saturated carbocycles. The number of amides is 1. The van der Waals surface area contributed by atoms with Crippen LogP contribution in [0.1, 0.15) is 15.9 Å². The summed E-state index contributed by atoms with van der Waals surface area (Å²) >= 11 is 0. The van der Waals surface area contributed by atoms with Gasteiger partial charge in [-0.3, -0.25) is 4.79 Å². The van der Waals surface area contributed by atoms with Gasteiger partial charge in [0, 0.05) is 31.7 Å². The van der Waals surface area contributed by atoms with Gasteiger partial charge in [-0.05, 0) is 41.5 Å². The van der Waals surface area contributed by atoms with Gasteiger partial charge in [0.05, 0.1) is 5.56 Å². The highest BCUT2D eigenvalue weighted by Crippen LogP contribution is 2.34. The molecule has 1 heterocycles. The maximum atomic E-state index is 13.3. The molecule has 0 aliphatic carbocycles. The quantitative estimate of drug-likeness (QED) is 0.875. The number of alkyl halides is 3. The summed E-state index contributed by atoms with van der Waals surface area (Å²) < 4.78 is 39.8. The Balaban J connectivity index is 2.05. The number of hydrogen-bond acceptors (Lipinski definition) is 3. The maximum Gasteiger partial charge on any atom is 0.416 e. The van der Waals surface area contributed by atoms with Crippen LogP contribution in [0.2, 0.25) is 0 Å². The fourth-order valence-corrected chi connectivity index (χ4v) is 2.82. The highest BCUT2D eigenvalue weighted by atomic mass is 19.4. The van der Waals surface area contributed by atoms with Crippen LogP contribution in [0.25, 0.3) is 11.1 Å². The minimum Gasteiger partial charge on any atom is -0.508 e. The second-order valence-electron chi connectivity index (χ2n) is 5.89. The van der Waals surface area contributed by atoms with Gasteiger partial charge >= 0.3 is 6.18 Å². The van der Waals surface area contributed by atoms with Crippen LogP contribution in [0.4, 0.5) is 13.2 Å². The van der Waals surface area contributed by atoms with Crippen molar-refractivity contribution in [1.29, 1.82) is 0 Å². The van der Waals surface area contributed by atoms with Crippen molar-refractivity contribution in [2.45, 2.75) is 6.18 Å². The Kier molecular flexibility index (Phi) is 4.67. The van der Waals surface area contributed by atoms with Gasteiger partial charge in [0.15, 0.2) is 0 Å². The molecule has 4 nitrogen and oxygen atoms in total. The summed E-state index contributed by atoms with van der Waals surface area (Å²) in [6.45, 7) is 2.14. The van der Waals surface area contributed by atoms with E-state index in [1.54, 1.807) is 12.1 Å². The molecule has 0 bridgehead atoms. The van der Waals surface area contributed by atoms with Crippen LogP contribution in [-0.2, 0) is 6.18 Å². The average Bonchev–Trinajstić information content (AvgIpc) is 2.61. The molecule has 2 aromatic carbocycles. The first-order valence-electron chi connectivity index (χ1n) is 7.86. The van der Waals surface area contributed by atoms with E-state index in [0.717, 1.165) is 12.1 Å². The third kappa shape index (κ3) is 3.93. The SMILES string of the molecule is O=C(c1cc(-c2cccc(O)c2)cc(C(F)(F)F)c1)N1CCNCC1. The van der Waals surface area contributed by atoms with Crippen LogP contribution in [0.5, 0.6) is 5.75 Å². The monoisotopic (exact) mass is 350 g/mol. The summed E-state index contributed by atoms with van der Waals surface area (Å²) in [5.41, 5.74) is -0.230. The number of nitrogens with one attached hydrogen (secondary N) is 1. The molecule has 0 radical (unpaired) electrons. The van der Waals surface area contributed by atoms with E-state index in [2.05, 4.69) is 5.32 Å². The lowest BCUT2D eigenvalue weighted by Crippen LogP contribution is -2.46. The Morgan fingerprint density at radius 2 is 1.76 bits per heavy atom. The van der Waals surface area contributed by atoms with Crippen LogP contribution >= 0.6 is 0 Å². The zero-order chi connectivity index (χ0) is 18.0. The van der Waals surface area contributed by atoms with Crippen LogP contribution in [0.15, 0.2) is 42.5 Å². The van der Waals surface area contributed by atoms with Crippen LogP contribution in [0.3, 0.4) is 0 Å². The van der Waals surface area contributed by atoms with Gasteiger partial charge in [-0.15, -0.1) is 0 Å². The first kappa shape index (κ1) is 17.3. The van der Waals surface area contributed by atoms with Crippen molar-refractivity contribution in [3.05, 3.63) is 53.6 Å². The number of phenols is 1. The van der Waals surface area contributed by atoms with Gasteiger partial charge in [-0.1, -0.05) is 12.1 Å². The summed E-state index contributed by atoms with van der Waals surface area (Å²) in [5, 5.41) is 12.7. The Bertz CT molecular complexity index is 784. The number of halogens is 3. The van der Waals surface area contributed by atoms with E-state index < -0.39 is 17.6 Å². The third-order valence-electron chi connectivity index (χ3n) is 4.09. The van der Waals surface area contributed by atoms with E-state index in [1.807, 2.05) is 0 Å². The van der Waals surface area contributed by atoms with Crippen LogP contribution in [-0.4, -0.2) is 42.1 Å². The molecule has 1 amide bonds. The van der Waals surface area contributed by atoms with E-state index in [0.29, 0.717) is 31.7 Å². The standard InChI is InChI=1S/C18H17F3N2O2/c19-18(20,21)15-9-13(12-2-1-3-16(24)11-12)8-14(10-15)17(25)23-6-4-22-5-7-23/h1-3,8-11,22,24H,4-7H2. The maximum absolute atomic E-state index is 13.3. The molecule has 25 heavy (non-hydrogen) atoms. The molecular weight excluding hydrogens is 333 g/mol. The number of rotatable bonds is 2. The van der Waals surface area contributed by atoms with Crippen LogP contribution < -0.4 is 5.32 Å². The van der Waals surface area contributed by atoms with Gasteiger partial charge in [0.1, 0.15) is 5.75 Å². The lowest BCUT2D eigenvalue weighted by molar-refractivity contribution is -0.137. The van der Waals surface area contributed by atoms with Crippen molar-refractivity contribution in [2.24, 2.45) is 0 Å². The Hall–Kier alpha value is -2.54. The predicted molar refractivity (Wildman–Crippen MR) is 87.3 cm³/mol. The first-order chi connectivity index (χ1) is 11.8. The average molecular weight is 350 g/mol. The molecule has 2 aromatic rings. The van der Waals surface area contributed by atoms with Gasteiger partial charge < -0.3 is 15.3 Å². The second kappa shape index (κ2) is 6.76. The molecule has 1 aliphatic rings. The molecule has 2 N–H and O–H groups in total. The Morgan fingerprint density at radius 3 is 2.40 bits per heavy atom. The van der Waals surface area contributed by atoms with Crippen molar-refractivity contribution in [1.82, 2.24) is 10.2 Å². The predicted octanol–water partition coefficient (Wildman–Crippen LogP) is 3.12. The molecule has 0 atom stereocenters. The van der Waals surface area contributed by atoms with Gasteiger partial charge in [-0.2, -0.15) is 13.2 Å². The number of nitrogens with zero attached hydrogens (tertiary/aromatic N) is 1. The number of aromatic hydroxyl groups is 1. The normalized spacial score (nSPS) is 15.2. The lowest BCUT2D eigenvalue weighted by Gasteiger charge is -2.28. The fraction of sp³-hybridized carbons (Fsp3) is 0.278. The largest absolute Gasteiger partial charge is 0.508 e. The fourth-order valence-electron chi connectivity index (χ4n) is 2.82. The molecule has 132 valence electrons. The first-order valence-corrected chi connectivity index (χ1v) is 7.86. The van der Waals surface area contributed by atoms with E-state index >= 15 is 0 Å². The van der Waals surface area contributed by atoms with Crippen molar-refractivity contribution in [2.75, 3.05) is 26.2 Å². The van der Waals surface area contributed by atoms with Crippen LogP contribution in [0, 0.1) is 0 Å². The summed E-state index contributed by atoms with van der Waals surface area (Å²) in [6, 6.07) is 9.25. The van der Waals surface area contributed by atoms with Crippen molar-refractivity contribution < 1.29 is 23.1 Å². The smallest absolute Gasteiger partial charge is 0.416 e. The number of phenolic OH excluding ortho intramolecular Hbond substituents is 1. The Labute approximate surface area is 142 Å². The Morgan fingerprint density at radius 1 is 1.04 bits per heavy atom. The minimum atomic E-state index is -4.56. The highest BCUT2D eigenvalue weighted by Gasteiger charge is 2.32. The lowest BCUT2D eigenvalue weighted by atomic mass is 9.98. The summed E-state index contributed by atoms with van der Waals surface area (Å²) in [6.07, 6.45) is -4.56. The zero-order valence-corrected chi connectivity index (χ0v) is 13.3. The number of benzene rings is 2. The van der Waals surface area contributed by atoms with E-state index in [4.69, 9.17) is 0 Å². The van der Waals surface area contributed by atoms with E-state index in [1.165, 1.54) is 23.1 Å². The molecule has 0 unspecified atom stereocenters. The summed E-state index contributed by atoms with van der Waals surface area (Å²) in [7, 11) is 0. The topological polar surface area (TPSA) is 52.6 Å². The second-order valence-corrected chi connectivity index (χ2v) is 5.89. The number of carbonyl (C=O) groups is 1. The zero-order valence-electron chi connectivity index (χ0n) is 13.3. The molecule has 1 fully saturated rings. The van der Waals surface area contributed by atoms with E-state index in [9.17, 15) is 23.1 Å². The van der Waals surface area contributed by atoms with Gasteiger partial charge in [-0.25, -0.2) is 0 Å². The van der Waals surface area contributed by atoms with E-state index in [-0.39, 0.29) is 16.9 Å². The minimum absolute atomic E-state index is 0.00457. The molecule has 0 aromatic heterocycles. The molecule has 1 saturated heterocycles. The van der Waals surface area contributed by atoms with Gasteiger partial charge in [0.25, 0.3) is 5.91 Å². The molecule has 3 rings (SSSR count). The highest BCUT2D eigenvalue weighted by molar-refractivity contribution is 5.96. The molecule has 7 heteroatoms. The number of hydrogen-bond donors (Lipinski definition) is 2. The number of piperazine rings is 1. The third-order valence-corrected chi connectivity index (χ3v) is 4.09. The van der Waals surface area contributed by atoms with Crippen molar-refractivity contribution in [3.8, 4) is 16.9 Å². The van der Waals surface area contributed by atoms with Crippen molar-refractivity contribution >= 4 is 5.91 Å².